The highest BCUT2D eigenvalue weighted by Gasteiger charge is 2.07. The molecule has 0 radical (unpaired) electrons. The van der Waals surface area contributed by atoms with Crippen molar-refractivity contribution in [3.8, 4) is 0 Å². The topological polar surface area (TPSA) is 43.4 Å². The first-order valence-corrected chi connectivity index (χ1v) is 6.24. The molecule has 0 spiro atoms. The van der Waals surface area contributed by atoms with Gasteiger partial charge in [0.2, 0.25) is 9.05 Å². The average molecular weight is 211 g/mol. The molecule has 0 aromatic heterocycles. The molecule has 0 unspecified atom stereocenters. The van der Waals surface area contributed by atoms with E-state index in [9.17, 15) is 8.42 Å². The fraction of sp³-hybridized carbons (Fsp3) is 0.714. The summed E-state index contributed by atoms with van der Waals surface area (Å²) >= 11 is 0. The quantitative estimate of drug-likeness (QED) is 0.510. The molecule has 3 nitrogen and oxygen atoms in total. The smallest absolute Gasteiger partial charge is 0.236 e. The van der Waals surface area contributed by atoms with Crippen LogP contribution in [0.5, 0.6) is 0 Å². The van der Waals surface area contributed by atoms with Gasteiger partial charge in [-0.1, -0.05) is 6.08 Å². The summed E-state index contributed by atoms with van der Waals surface area (Å²) in [5.41, 5.74) is 1.03. The molecule has 12 heavy (non-hydrogen) atoms. The summed E-state index contributed by atoms with van der Waals surface area (Å²) in [4.78, 5) is 0. The predicted octanol–water partition coefficient (Wildman–Crippen LogP) is 1.29. The van der Waals surface area contributed by atoms with Gasteiger partial charge in [0.1, 0.15) is 0 Å². The number of hydrogen-bond donors (Lipinski definition) is 0. The van der Waals surface area contributed by atoms with Gasteiger partial charge >= 0.3 is 0 Å². The van der Waals surface area contributed by atoms with Crippen molar-refractivity contribution in [2.45, 2.75) is 12.8 Å². The van der Waals surface area contributed by atoms with Gasteiger partial charge in [0.05, 0.1) is 12.4 Å². The van der Waals surface area contributed by atoms with E-state index in [4.69, 9.17) is 15.4 Å². The van der Waals surface area contributed by atoms with Crippen LogP contribution in [0.25, 0.3) is 0 Å². The molecule has 0 amide bonds. The maximum atomic E-state index is 10.6. The molecule has 0 aromatic rings. The summed E-state index contributed by atoms with van der Waals surface area (Å²) < 4.78 is 26.2. The molecule has 0 atom stereocenters. The SMILES string of the molecule is O=S(=O)(Cl)C/C=C1\CCCOC1. The monoisotopic (exact) mass is 210 g/mol. The predicted molar refractivity (Wildman–Crippen MR) is 47.8 cm³/mol. The summed E-state index contributed by atoms with van der Waals surface area (Å²) in [5, 5.41) is 0. The number of hydrogen-bond acceptors (Lipinski definition) is 3. The van der Waals surface area contributed by atoms with Gasteiger partial charge in [-0.25, -0.2) is 8.42 Å². The first-order chi connectivity index (χ1) is 5.58. The molecule has 1 rings (SSSR count). The molecule has 1 fully saturated rings. The van der Waals surface area contributed by atoms with Gasteiger partial charge in [-0.2, -0.15) is 0 Å². The van der Waals surface area contributed by atoms with Crippen molar-refractivity contribution in [1.82, 2.24) is 0 Å². The van der Waals surface area contributed by atoms with E-state index in [1.807, 2.05) is 0 Å². The highest BCUT2D eigenvalue weighted by molar-refractivity contribution is 8.13. The fourth-order valence-corrected chi connectivity index (χ4v) is 1.68. The third-order valence-electron chi connectivity index (χ3n) is 1.65. The van der Waals surface area contributed by atoms with E-state index >= 15 is 0 Å². The third-order valence-corrected chi connectivity index (χ3v) is 2.59. The minimum atomic E-state index is -3.38. The molecule has 1 heterocycles. The summed E-state index contributed by atoms with van der Waals surface area (Å²) in [6, 6.07) is 0. The third kappa shape index (κ3) is 4.09. The standard InChI is InChI=1S/C7H11ClO3S/c8-12(9,10)5-3-7-2-1-4-11-6-7/h3H,1-2,4-6H2/b7-3+. The van der Waals surface area contributed by atoms with Crippen molar-refractivity contribution in [2.24, 2.45) is 0 Å². The van der Waals surface area contributed by atoms with Gasteiger partial charge in [-0.3, -0.25) is 0 Å². The van der Waals surface area contributed by atoms with Crippen LogP contribution >= 0.6 is 10.7 Å². The molecule has 1 aliphatic heterocycles. The van der Waals surface area contributed by atoms with Crippen molar-refractivity contribution in [3.05, 3.63) is 11.6 Å². The minimum absolute atomic E-state index is 0.0900. The number of rotatable bonds is 2. The second kappa shape index (κ2) is 4.25. The van der Waals surface area contributed by atoms with Crippen molar-refractivity contribution in [1.29, 1.82) is 0 Å². The molecule has 0 N–H and O–H groups in total. The Hall–Kier alpha value is -0.0600. The Balaban J connectivity index is 2.45. The lowest BCUT2D eigenvalue weighted by Crippen LogP contribution is -2.09. The second-order valence-corrected chi connectivity index (χ2v) is 5.55. The largest absolute Gasteiger partial charge is 0.377 e. The normalized spacial score (nSPS) is 22.9. The van der Waals surface area contributed by atoms with Crippen molar-refractivity contribution >= 4 is 19.7 Å². The van der Waals surface area contributed by atoms with Crippen LogP contribution in [0.3, 0.4) is 0 Å². The van der Waals surface area contributed by atoms with E-state index in [1.54, 1.807) is 6.08 Å². The second-order valence-electron chi connectivity index (χ2n) is 2.72. The Morgan fingerprint density at radius 1 is 1.58 bits per heavy atom. The number of halogens is 1. The Labute approximate surface area is 76.8 Å². The van der Waals surface area contributed by atoms with Crippen LogP contribution < -0.4 is 0 Å². The summed E-state index contributed by atoms with van der Waals surface area (Å²) in [7, 11) is 1.66. The van der Waals surface area contributed by atoms with Crippen LogP contribution in [0.1, 0.15) is 12.8 Å². The molecule has 1 saturated heterocycles. The van der Waals surface area contributed by atoms with E-state index in [1.165, 1.54) is 0 Å². The van der Waals surface area contributed by atoms with Crippen LogP contribution in [0, 0.1) is 0 Å². The molecule has 0 aliphatic carbocycles. The Morgan fingerprint density at radius 3 is 2.83 bits per heavy atom. The number of ether oxygens (including phenoxy) is 1. The molecule has 0 bridgehead atoms. The van der Waals surface area contributed by atoms with Gasteiger partial charge in [0.25, 0.3) is 0 Å². The molecule has 5 heteroatoms. The highest BCUT2D eigenvalue weighted by atomic mass is 35.7. The van der Waals surface area contributed by atoms with Gasteiger partial charge in [-0.15, -0.1) is 0 Å². The lowest BCUT2D eigenvalue weighted by molar-refractivity contribution is 0.130. The van der Waals surface area contributed by atoms with Crippen LogP contribution in [-0.4, -0.2) is 27.4 Å². The maximum Gasteiger partial charge on any atom is 0.236 e. The van der Waals surface area contributed by atoms with Crippen LogP contribution in [0.15, 0.2) is 11.6 Å². The van der Waals surface area contributed by atoms with E-state index in [0.29, 0.717) is 6.61 Å². The van der Waals surface area contributed by atoms with E-state index in [0.717, 1.165) is 25.0 Å². The lowest BCUT2D eigenvalue weighted by atomic mass is 10.1. The zero-order chi connectivity index (χ0) is 9.03. The first-order valence-electron chi connectivity index (χ1n) is 3.76. The maximum absolute atomic E-state index is 10.6. The summed E-state index contributed by atoms with van der Waals surface area (Å²) in [6.07, 6.45) is 3.53. The molecule has 70 valence electrons. The Bertz CT molecular complexity index is 260. The van der Waals surface area contributed by atoms with E-state index in [2.05, 4.69) is 0 Å². The molecular formula is C7H11ClO3S. The first kappa shape index (κ1) is 10.0. The van der Waals surface area contributed by atoms with Gasteiger partial charge in [0, 0.05) is 17.3 Å². The molecule has 0 aromatic carbocycles. The minimum Gasteiger partial charge on any atom is -0.377 e. The van der Waals surface area contributed by atoms with Crippen LogP contribution in [-0.2, 0) is 13.8 Å². The van der Waals surface area contributed by atoms with Gasteiger partial charge in [0.15, 0.2) is 0 Å². The molecule has 0 saturated carbocycles. The van der Waals surface area contributed by atoms with Crippen LogP contribution in [0.4, 0.5) is 0 Å². The Morgan fingerprint density at radius 2 is 2.33 bits per heavy atom. The van der Waals surface area contributed by atoms with E-state index < -0.39 is 9.05 Å². The van der Waals surface area contributed by atoms with E-state index in [-0.39, 0.29) is 5.75 Å². The average Bonchev–Trinajstić information content (AvgIpc) is 2.02. The molecule has 1 aliphatic rings. The van der Waals surface area contributed by atoms with Crippen LogP contribution in [0.2, 0.25) is 0 Å². The van der Waals surface area contributed by atoms with Crippen molar-refractivity contribution in [3.63, 3.8) is 0 Å². The van der Waals surface area contributed by atoms with Gasteiger partial charge < -0.3 is 4.74 Å². The zero-order valence-corrected chi connectivity index (χ0v) is 8.20. The van der Waals surface area contributed by atoms with Crippen molar-refractivity contribution in [2.75, 3.05) is 19.0 Å². The summed E-state index contributed by atoms with van der Waals surface area (Å²) in [5.74, 6) is -0.0900. The highest BCUT2D eigenvalue weighted by Crippen LogP contribution is 2.12. The lowest BCUT2D eigenvalue weighted by Gasteiger charge is -2.13. The molecular weight excluding hydrogens is 200 g/mol. The zero-order valence-electron chi connectivity index (χ0n) is 6.62. The van der Waals surface area contributed by atoms with Crippen molar-refractivity contribution < 1.29 is 13.2 Å². The Kier molecular flexibility index (Phi) is 3.55. The van der Waals surface area contributed by atoms with Gasteiger partial charge in [-0.05, 0) is 18.4 Å². The summed E-state index contributed by atoms with van der Waals surface area (Å²) in [6.45, 7) is 1.32. The fourth-order valence-electron chi connectivity index (χ4n) is 1.06.